The first-order valence-electron chi connectivity index (χ1n) is 7.10. The topological polar surface area (TPSA) is 84.2 Å². The molecule has 4 N–H and O–H groups in total. The Morgan fingerprint density at radius 3 is 2.79 bits per heavy atom. The Hall–Kier alpha value is -1.10. The van der Waals surface area contributed by atoms with Crippen LogP contribution in [-0.4, -0.2) is 30.4 Å². The average Bonchev–Trinajstić information content (AvgIpc) is 2.41. The summed E-state index contributed by atoms with van der Waals surface area (Å²) < 4.78 is 0. The van der Waals surface area contributed by atoms with Gasteiger partial charge in [0.05, 0.1) is 0 Å². The third-order valence-corrected chi connectivity index (χ3v) is 3.19. The number of carbonyl (C=O) groups is 2. The van der Waals surface area contributed by atoms with Crippen LogP contribution in [0.5, 0.6) is 0 Å². The van der Waals surface area contributed by atoms with Crippen molar-refractivity contribution in [1.29, 1.82) is 0 Å². The second-order valence-corrected chi connectivity index (χ2v) is 6.64. The van der Waals surface area contributed by atoms with Crippen LogP contribution in [0.25, 0.3) is 0 Å². The molecule has 1 aliphatic heterocycles. The zero-order chi connectivity index (χ0) is 14.5. The molecule has 0 spiro atoms. The van der Waals surface area contributed by atoms with E-state index in [0.29, 0.717) is 13.0 Å². The molecule has 2 atom stereocenters. The molecule has 110 valence electrons. The molecule has 1 fully saturated rings. The van der Waals surface area contributed by atoms with Gasteiger partial charge in [0.15, 0.2) is 0 Å². The predicted molar refractivity (Wildman–Crippen MR) is 75.5 cm³/mol. The van der Waals surface area contributed by atoms with Gasteiger partial charge in [0.25, 0.3) is 0 Å². The van der Waals surface area contributed by atoms with E-state index in [1.54, 1.807) is 0 Å². The normalized spacial score (nSPS) is 22.3. The minimum absolute atomic E-state index is 0.0738. The summed E-state index contributed by atoms with van der Waals surface area (Å²) in [6.07, 6.45) is 3.71. The predicted octanol–water partition coefficient (Wildman–Crippen LogP) is 0.925. The van der Waals surface area contributed by atoms with E-state index in [2.05, 4.69) is 31.4 Å². The van der Waals surface area contributed by atoms with Crippen LogP contribution in [-0.2, 0) is 9.59 Å². The van der Waals surface area contributed by atoms with Crippen molar-refractivity contribution in [1.82, 2.24) is 10.6 Å². The van der Waals surface area contributed by atoms with E-state index < -0.39 is 6.04 Å². The van der Waals surface area contributed by atoms with E-state index in [9.17, 15) is 9.59 Å². The number of amides is 2. The summed E-state index contributed by atoms with van der Waals surface area (Å²) in [5, 5.41) is 5.60. The fraction of sp³-hybridized carbons (Fsp3) is 0.857. The summed E-state index contributed by atoms with van der Waals surface area (Å²) in [6.45, 7) is 7.01. The van der Waals surface area contributed by atoms with Gasteiger partial charge < -0.3 is 16.4 Å². The highest BCUT2D eigenvalue weighted by molar-refractivity contribution is 5.87. The molecule has 1 aliphatic rings. The lowest BCUT2D eigenvalue weighted by atomic mass is 9.87. The van der Waals surface area contributed by atoms with Crippen molar-refractivity contribution in [3.63, 3.8) is 0 Å². The Balaban J connectivity index is 2.39. The SMILES string of the molecule is CC(C)(C)CC(N)CC(=O)NC1CCCCNC1=O. The van der Waals surface area contributed by atoms with Gasteiger partial charge in [0.2, 0.25) is 11.8 Å². The number of hydrogen-bond donors (Lipinski definition) is 3. The van der Waals surface area contributed by atoms with Crippen LogP contribution >= 0.6 is 0 Å². The first-order valence-corrected chi connectivity index (χ1v) is 7.10. The highest BCUT2D eigenvalue weighted by Crippen LogP contribution is 2.21. The Morgan fingerprint density at radius 1 is 1.47 bits per heavy atom. The van der Waals surface area contributed by atoms with E-state index in [-0.39, 0.29) is 29.7 Å². The fourth-order valence-electron chi connectivity index (χ4n) is 2.43. The molecule has 1 saturated heterocycles. The van der Waals surface area contributed by atoms with Gasteiger partial charge in [-0.05, 0) is 31.1 Å². The maximum absolute atomic E-state index is 11.9. The van der Waals surface area contributed by atoms with E-state index >= 15 is 0 Å². The highest BCUT2D eigenvalue weighted by Gasteiger charge is 2.24. The van der Waals surface area contributed by atoms with Crippen LogP contribution < -0.4 is 16.4 Å². The van der Waals surface area contributed by atoms with E-state index in [0.717, 1.165) is 19.3 Å². The number of carbonyl (C=O) groups excluding carboxylic acids is 2. The van der Waals surface area contributed by atoms with Gasteiger partial charge in [0, 0.05) is 19.0 Å². The van der Waals surface area contributed by atoms with Crippen LogP contribution in [0.3, 0.4) is 0 Å². The van der Waals surface area contributed by atoms with Gasteiger partial charge in [-0.2, -0.15) is 0 Å². The summed E-state index contributed by atoms with van der Waals surface area (Å²) >= 11 is 0. The molecule has 5 heteroatoms. The summed E-state index contributed by atoms with van der Waals surface area (Å²) in [5.74, 6) is -0.200. The highest BCUT2D eigenvalue weighted by atomic mass is 16.2. The second-order valence-electron chi connectivity index (χ2n) is 6.64. The average molecular weight is 269 g/mol. The molecule has 0 radical (unpaired) electrons. The molecule has 2 unspecified atom stereocenters. The molecule has 0 aliphatic carbocycles. The Kier molecular flexibility index (Phi) is 5.79. The lowest BCUT2D eigenvalue weighted by Crippen LogP contribution is -2.46. The third-order valence-electron chi connectivity index (χ3n) is 3.19. The minimum Gasteiger partial charge on any atom is -0.354 e. The van der Waals surface area contributed by atoms with Gasteiger partial charge in [-0.1, -0.05) is 20.8 Å². The monoisotopic (exact) mass is 269 g/mol. The maximum atomic E-state index is 11.9. The van der Waals surface area contributed by atoms with Crippen molar-refractivity contribution in [3.05, 3.63) is 0 Å². The summed E-state index contributed by atoms with van der Waals surface area (Å²) in [5.41, 5.74) is 6.08. The second kappa shape index (κ2) is 6.89. The summed E-state index contributed by atoms with van der Waals surface area (Å²) in [6, 6.07) is -0.550. The molecule has 0 bridgehead atoms. The van der Waals surface area contributed by atoms with Gasteiger partial charge in [-0.25, -0.2) is 0 Å². The Bertz CT molecular complexity index is 323. The fourth-order valence-corrected chi connectivity index (χ4v) is 2.43. The first-order chi connectivity index (χ1) is 8.78. The molecule has 5 nitrogen and oxygen atoms in total. The van der Waals surface area contributed by atoms with Crippen LogP contribution in [0.2, 0.25) is 0 Å². The maximum Gasteiger partial charge on any atom is 0.242 e. The lowest BCUT2D eigenvalue weighted by molar-refractivity contribution is -0.129. The van der Waals surface area contributed by atoms with Crippen LogP contribution in [0.1, 0.15) is 52.9 Å². The molecule has 19 heavy (non-hydrogen) atoms. The molecule has 0 aromatic heterocycles. The van der Waals surface area contributed by atoms with Crippen molar-refractivity contribution < 1.29 is 9.59 Å². The molecule has 1 heterocycles. The first kappa shape index (κ1) is 16.0. The van der Waals surface area contributed by atoms with E-state index in [1.165, 1.54) is 0 Å². The number of nitrogens with two attached hydrogens (primary N) is 1. The summed E-state index contributed by atoms with van der Waals surface area (Å²) in [4.78, 5) is 23.6. The summed E-state index contributed by atoms with van der Waals surface area (Å²) in [7, 11) is 0. The standard InChI is InChI=1S/C14H27N3O2/c1-14(2,3)9-10(15)8-12(18)17-11-6-4-5-7-16-13(11)19/h10-11H,4-9,15H2,1-3H3,(H,16,19)(H,17,18). The molecule has 1 rings (SSSR count). The van der Waals surface area contributed by atoms with E-state index in [1.807, 2.05) is 0 Å². The molecule has 0 aromatic carbocycles. The minimum atomic E-state index is -0.392. The Morgan fingerprint density at radius 2 is 2.16 bits per heavy atom. The van der Waals surface area contributed by atoms with Crippen LogP contribution in [0.4, 0.5) is 0 Å². The quantitative estimate of drug-likeness (QED) is 0.709. The molecular formula is C14H27N3O2. The van der Waals surface area contributed by atoms with E-state index in [4.69, 9.17) is 5.73 Å². The van der Waals surface area contributed by atoms with Crippen molar-refractivity contribution in [2.45, 2.75) is 65.0 Å². The van der Waals surface area contributed by atoms with Crippen molar-refractivity contribution in [2.24, 2.45) is 11.1 Å². The van der Waals surface area contributed by atoms with Crippen molar-refractivity contribution in [2.75, 3.05) is 6.54 Å². The van der Waals surface area contributed by atoms with Gasteiger partial charge >= 0.3 is 0 Å². The van der Waals surface area contributed by atoms with Crippen LogP contribution in [0, 0.1) is 5.41 Å². The molecule has 0 saturated carbocycles. The third kappa shape index (κ3) is 6.57. The number of nitrogens with one attached hydrogen (secondary N) is 2. The lowest BCUT2D eigenvalue weighted by Gasteiger charge is -2.23. The van der Waals surface area contributed by atoms with Gasteiger partial charge in [0.1, 0.15) is 6.04 Å². The van der Waals surface area contributed by atoms with Gasteiger partial charge in [-0.3, -0.25) is 9.59 Å². The Labute approximate surface area is 115 Å². The largest absolute Gasteiger partial charge is 0.354 e. The number of hydrogen-bond acceptors (Lipinski definition) is 3. The molecular weight excluding hydrogens is 242 g/mol. The van der Waals surface area contributed by atoms with Crippen molar-refractivity contribution >= 4 is 11.8 Å². The van der Waals surface area contributed by atoms with Crippen molar-refractivity contribution in [3.8, 4) is 0 Å². The molecule has 0 aromatic rings. The van der Waals surface area contributed by atoms with Crippen LogP contribution in [0.15, 0.2) is 0 Å². The van der Waals surface area contributed by atoms with Gasteiger partial charge in [-0.15, -0.1) is 0 Å². The smallest absolute Gasteiger partial charge is 0.242 e. The zero-order valence-corrected chi connectivity index (χ0v) is 12.3. The zero-order valence-electron chi connectivity index (χ0n) is 12.3. The number of rotatable bonds is 4. The molecule has 2 amide bonds.